The number of hydrogen-bond donors (Lipinski definition) is 3. The van der Waals surface area contributed by atoms with Crippen LogP contribution < -0.4 is 10.6 Å². The molecule has 3 aromatic rings. The molecule has 9 heteroatoms. The number of rotatable bonds is 14. The summed E-state index contributed by atoms with van der Waals surface area (Å²) in [5, 5.41) is 15.1. The Balaban J connectivity index is 1.48. The number of methoxy groups -OCH3 is 1. The molecule has 0 bridgehead atoms. The maximum Gasteiger partial charge on any atom is 0.328 e. The first-order chi connectivity index (χ1) is 19.8. The Labute approximate surface area is 244 Å². The minimum Gasteiger partial charge on any atom is -0.508 e. The highest BCUT2D eigenvalue weighted by Gasteiger charge is 2.22. The molecule has 0 spiro atoms. The van der Waals surface area contributed by atoms with Crippen molar-refractivity contribution in [1.82, 2.24) is 10.6 Å². The number of phenolic OH excluding ortho intramolecular Hbond substituents is 1. The highest BCUT2D eigenvalue weighted by atomic mass is 32.2. The molecule has 7 nitrogen and oxygen atoms in total. The zero-order valence-corrected chi connectivity index (χ0v) is 24.0. The molecule has 1 unspecified atom stereocenters. The standard InChI is InChI=1S/C32H35FN2O5S/c1-40-32(39)29(21-23-7-15-26(36)16-8-23)35-30(37)6-4-3-5-19-34-31(38)28(24-11-13-25(33)14-12-24)20-22-9-17-27(41-2)18-10-22/h7-18,20,29,36H,3-6,19,21H2,1-2H3,(H,34,38)(H,35,37)/b28-20-. The number of phenols is 1. The van der Waals surface area contributed by atoms with Crippen molar-refractivity contribution in [1.29, 1.82) is 0 Å². The van der Waals surface area contributed by atoms with Crippen molar-refractivity contribution < 1.29 is 28.6 Å². The van der Waals surface area contributed by atoms with Crippen molar-refractivity contribution in [2.75, 3.05) is 19.9 Å². The molecule has 1 atom stereocenters. The quantitative estimate of drug-likeness (QED) is 0.0781. The van der Waals surface area contributed by atoms with E-state index < -0.39 is 12.0 Å². The van der Waals surface area contributed by atoms with Crippen molar-refractivity contribution >= 4 is 41.2 Å². The highest BCUT2D eigenvalue weighted by molar-refractivity contribution is 7.98. The molecule has 3 aromatic carbocycles. The summed E-state index contributed by atoms with van der Waals surface area (Å²) in [5.74, 6) is -1.33. The van der Waals surface area contributed by atoms with Gasteiger partial charge in [-0.3, -0.25) is 9.59 Å². The SMILES string of the molecule is COC(=O)C(Cc1ccc(O)cc1)NC(=O)CCCCCNC(=O)/C(=C\c1ccc(SC)cc1)c1ccc(F)cc1. The normalized spacial score (nSPS) is 11.9. The molecular formula is C32H35FN2O5S. The van der Waals surface area contributed by atoms with Gasteiger partial charge in [-0.1, -0.05) is 42.8 Å². The van der Waals surface area contributed by atoms with Crippen molar-refractivity contribution in [2.24, 2.45) is 0 Å². The van der Waals surface area contributed by atoms with Gasteiger partial charge in [0.25, 0.3) is 5.91 Å². The summed E-state index contributed by atoms with van der Waals surface area (Å²) >= 11 is 1.63. The van der Waals surface area contributed by atoms with Gasteiger partial charge >= 0.3 is 5.97 Å². The molecule has 0 aliphatic carbocycles. The van der Waals surface area contributed by atoms with Crippen molar-refractivity contribution in [3.05, 3.63) is 95.3 Å². The summed E-state index contributed by atoms with van der Waals surface area (Å²) in [4.78, 5) is 38.8. The third kappa shape index (κ3) is 10.4. The van der Waals surface area contributed by atoms with Gasteiger partial charge in [-0.05, 0) is 78.3 Å². The number of thioether (sulfide) groups is 1. The summed E-state index contributed by atoms with van der Waals surface area (Å²) in [6.07, 6.45) is 6.18. The molecule has 41 heavy (non-hydrogen) atoms. The second kappa shape index (κ2) is 16.2. The number of aromatic hydroxyl groups is 1. The maximum absolute atomic E-state index is 13.5. The Hall–Kier alpha value is -4.11. The van der Waals surface area contributed by atoms with Crippen molar-refractivity contribution in [3.8, 4) is 5.75 Å². The van der Waals surface area contributed by atoms with Gasteiger partial charge in [-0.25, -0.2) is 9.18 Å². The van der Waals surface area contributed by atoms with E-state index in [0.717, 1.165) is 16.0 Å². The highest BCUT2D eigenvalue weighted by Crippen LogP contribution is 2.22. The minimum atomic E-state index is -0.829. The average Bonchev–Trinajstić information content (AvgIpc) is 2.98. The zero-order chi connectivity index (χ0) is 29.6. The predicted molar refractivity (Wildman–Crippen MR) is 160 cm³/mol. The fourth-order valence-corrected chi connectivity index (χ4v) is 4.54. The van der Waals surface area contributed by atoms with Crippen LogP contribution in [-0.4, -0.2) is 48.8 Å². The van der Waals surface area contributed by atoms with Gasteiger partial charge in [0, 0.05) is 29.9 Å². The topological polar surface area (TPSA) is 105 Å². The number of carbonyl (C=O) groups excluding carboxylic acids is 3. The summed E-state index contributed by atoms with van der Waals surface area (Å²) in [7, 11) is 1.27. The largest absolute Gasteiger partial charge is 0.508 e. The van der Waals surface area contributed by atoms with Gasteiger partial charge in [0.15, 0.2) is 0 Å². The maximum atomic E-state index is 13.5. The van der Waals surface area contributed by atoms with E-state index in [1.807, 2.05) is 30.5 Å². The Morgan fingerprint density at radius 1 is 0.951 bits per heavy atom. The van der Waals surface area contributed by atoms with Crippen LogP contribution in [0.3, 0.4) is 0 Å². The summed E-state index contributed by atoms with van der Waals surface area (Å²) in [6, 6.07) is 19.2. The molecular weight excluding hydrogens is 543 g/mol. The van der Waals surface area contributed by atoms with Crippen LogP contribution in [0, 0.1) is 5.82 Å². The summed E-state index contributed by atoms with van der Waals surface area (Å²) in [5.41, 5.74) is 2.69. The zero-order valence-electron chi connectivity index (χ0n) is 23.2. The van der Waals surface area contributed by atoms with E-state index in [9.17, 15) is 23.9 Å². The van der Waals surface area contributed by atoms with Crippen LogP contribution in [-0.2, 0) is 25.5 Å². The molecule has 0 fully saturated rings. The number of hydrogen-bond acceptors (Lipinski definition) is 6. The lowest BCUT2D eigenvalue weighted by molar-refractivity contribution is -0.145. The molecule has 0 heterocycles. The van der Waals surface area contributed by atoms with Crippen LogP contribution >= 0.6 is 11.8 Å². The van der Waals surface area contributed by atoms with Gasteiger partial charge in [-0.15, -0.1) is 11.8 Å². The number of nitrogens with one attached hydrogen (secondary N) is 2. The molecule has 3 N–H and O–H groups in total. The van der Waals surface area contributed by atoms with Crippen LogP contribution in [0.2, 0.25) is 0 Å². The van der Waals surface area contributed by atoms with E-state index in [4.69, 9.17) is 4.74 Å². The van der Waals surface area contributed by atoms with Crippen LogP contribution in [0.5, 0.6) is 5.75 Å². The first-order valence-corrected chi connectivity index (χ1v) is 14.6. The number of esters is 1. The molecule has 2 amide bonds. The van der Waals surface area contributed by atoms with Crippen LogP contribution in [0.25, 0.3) is 11.6 Å². The fourth-order valence-electron chi connectivity index (χ4n) is 4.13. The molecule has 0 radical (unpaired) electrons. The van der Waals surface area contributed by atoms with E-state index in [0.29, 0.717) is 36.9 Å². The van der Waals surface area contributed by atoms with Crippen molar-refractivity contribution in [2.45, 2.75) is 43.0 Å². The summed E-state index contributed by atoms with van der Waals surface area (Å²) in [6.45, 7) is 0.413. The van der Waals surface area contributed by atoms with Gasteiger partial charge in [-0.2, -0.15) is 0 Å². The fraction of sp³-hybridized carbons (Fsp3) is 0.281. The van der Waals surface area contributed by atoms with E-state index >= 15 is 0 Å². The molecule has 216 valence electrons. The minimum absolute atomic E-state index is 0.118. The number of halogens is 1. The number of benzene rings is 3. The van der Waals surface area contributed by atoms with Gasteiger partial charge in [0.2, 0.25) is 5.91 Å². The second-order valence-corrected chi connectivity index (χ2v) is 10.3. The first-order valence-electron chi connectivity index (χ1n) is 13.3. The lowest BCUT2D eigenvalue weighted by Crippen LogP contribution is -2.43. The Morgan fingerprint density at radius 2 is 1.63 bits per heavy atom. The van der Waals surface area contributed by atoms with E-state index in [1.165, 1.54) is 31.4 Å². The number of amides is 2. The Kier molecular flexibility index (Phi) is 12.4. The Morgan fingerprint density at radius 3 is 2.27 bits per heavy atom. The molecule has 0 aliphatic rings. The van der Waals surface area contributed by atoms with E-state index in [1.54, 1.807) is 42.1 Å². The molecule has 0 aliphatic heterocycles. The number of carbonyl (C=O) groups is 3. The lowest BCUT2D eigenvalue weighted by atomic mass is 10.0. The van der Waals surface area contributed by atoms with Crippen LogP contribution in [0.1, 0.15) is 42.4 Å². The third-order valence-electron chi connectivity index (χ3n) is 6.39. The van der Waals surface area contributed by atoms with E-state index in [2.05, 4.69) is 10.6 Å². The summed E-state index contributed by atoms with van der Waals surface area (Å²) < 4.78 is 18.3. The predicted octanol–water partition coefficient (Wildman–Crippen LogP) is 5.37. The molecule has 0 saturated carbocycles. The molecule has 0 saturated heterocycles. The average molecular weight is 579 g/mol. The molecule has 0 aromatic heterocycles. The molecule has 3 rings (SSSR count). The lowest BCUT2D eigenvalue weighted by Gasteiger charge is -2.16. The monoisotopic (exact) mass is 578 g/mol. The second-order valence-electron chi connectivity index (χ2n) is 9.42. The Bertz CT molecular complexity index is 1330. The van der Waals surface area contributed by atoms with Crippen LogP contribution in [0.15, 0.2) is 77.7 Å². The number of unbranched alkanes of at least 4 members (excludes halogenated alkanes) is 2. The number of ether oxygens (including phenoxy) is 1. The van der Waals surface area contributed by atoms with Gasteiger partial charge in [0.05, 0.1) is 7.11 Å². The van der Waals surface area contributed by atoms with Crippen LogP contribution in [0.4, 0.5) is 4.39 Å². The third-order valence-corrected chi connectivity index (χ3v) is 7.13. The van der Waals surface area contributed by atoms with Gasteiger partial charge < -0.3 is 20.5 Å². The van der Waals surface area contributed by atoms with E-state index in [-0.39, 0.29) is 36.2 Å². The van der Waals surface area contributed by atoms with Crippen molar-refractivity contribution in [3.63, 3.8) is 0 Å². The first kappa shape index (κ1) is 31.4. The van der Waals surface area contributed by atoms with Gasteiger partial charge in [0.1, 0.15) is 17.6 Å². The smallest absolute Gasteiger partial charge is 0.328 e.